The van der Waals surface area contributed by atoms with Gasteiger partial charge in [0.1, 0.15) is 17.9 Å². The highest BCUT2D eigenvalue weighted by atomic mass is 35.5. The van der Waals surface area contributed by atoms with E-state index in [-0.39, 0.29) is 23.8 Å². The second-order valence-corrected chi connectivity index (χ2v) is 9.54. The van der Waals surface area contributed by atoms with Crippen LogP contribution in [0.15, 0.2) is 18.2 Å². The van der Waals surface area contributed by atoms with Crippen LogP contribution in [0.2, 0.25) is 5.02 Å². The lowest BCUT2D eigenvalue weighted by molar-refractivity contribution is -0.948. The van der Waals surface area contributed by atoms with Gasteiger partial charge in [-0.05, 0) is 32.9 Å². The Hall–Kier alpha value is -1.92. The minimum atomic E-state index is -1.06. The smallest absolute Gasteiger partial charge is 0.291 e. The summed E-state index contributed by atoms with van der Waals surface area (Å²) in [4.78, 5) is 42.8. The number of quaternary nitrogens is 1. The molecule has 4 aliphatic heterocycles. The third kappa shape index (κ3) is 1.83. The highest BCUT2D eigenvalue weighted by Gasteiger charge is 2.78. The number of anilines is 1. The summed E-state index contributed by atoms with van der Waals surface area (Å²) in [6.45, 7) is 6.40. The van der Waals surface area contributed by atoms with Crippen LogP contribution >= 0.6 is 11.6 Å². The molecule has 5 atom stereocenters. The van der Waals surface area contributed by atoms with Crippen LogP contribution in [0.3, 0.4) is 0 Å². The van der Waals surface area contributed by atoms with Gasteiger partial charge in [-0.1, -0.05) is 17.7 Å². The Kier molecular flexibility index (Phi) is 3.26. The third-order valence-corrected chi connectivity index (χ3v) is 7.19. The second-order valence-electron chi connectivity index (χ2n) is 9.13. The molecular formula is C20H23ClN3O3+. The van der Waals surface area contributed by atoms with E-state index in [1.54, 1.807) is 6.07 Å². The maximum absolute atomic E-state index is 13.6. The first-order valence-corrected chi connectivity index (χ1v) is 9.93. The Morgan fingerprint density at radius 3 is 2.67 bits per heavy atom. The summed E-state index contributed by atoms with van der Waals surface area (Å²) in [5.74, 6) is -1.64. The number of nitrogens with zero attached hydrogens (tertiary/aromatic N) is 1. The zero-order valence-corrected chi connectivity index (χ0v) is 16.4. The van der Waals surface area contributed by atoms with Crippen LogP contribution in [0, 0.1) is 11.8 Å². The van der Waals surface area contributed by atoms with Crippen LogP contribution in [0.4, 0.5) is 5.69 Å². The molecule has 0 aliphatic carbocycles. The van der Waals surface area contributed by atoms with Crippen molar-refractivity contribution in [3.63, 3.8) is 0 Å². The van der Waals surface area contributed by atoms with E-state index in [0.29, 0.717) is 10.7 Å². The van der Waals surface area contributed by atoms with Gasteiger partial charge in [0.2, 0.25) is 17.4 Å². The summed E-state index contributed by atoms with van der Waals surface area (Å²) in [5, 5.41) is 3.41. The summed E-state index contributed by atoms with van der Waals surface area (Å²) in [7, 11) is 0. The monoisotopic (exact) mass is 388 g/mol. The van der Waals surface area contributed by atoms with E-state index in [0.717, 1.165) is 29.8 Å². The van der Waals surface area contributed by atoms with E-state index in [9.17, 15) is 14.4 Å². The molecule has 3 fully saturated rings. The number of carbonyl (C=O) groups is 3. The zero-order valence-electron chi connectivity index (χ0n) is 15.6. The SMILES string of the molecule is CC(C)(C)N1C(=O)[C@@H]2[C@H]3CCC[NH+]3[C@@]3(C(=O)Nc4c(Cl)cccc43)[C@@H]2C1=O. The van der Waals surface area contributed by atoms with Crippen LogP contribution in [0.25, 0.3) is 0 Å². The molecule has 27 heavy (non-hydrogen) atoms. The van der Waals surface area contributed by atoms with Gasteiger partial charge in [-0.15, -0.1) is 0 Å². The number of amides is 3. The standard InChI is InChI=1S/C20H22ClN3O3/c1-19(2,3)24-16(25)13-12-8-5-9-23(12)20(14(13)17(24)26)10-6-4-7-11(21)15(10)22-18(20)27/h4,6-7,12-14H,5,8-9H2,1-3H3,(H,22,27)/p+1/t12-,13-,14+,20-/m1/s1. The highest BCUT2D eigenvalue weighted by Crippen LogP contribution is 2.53. The van der Waals surface area contributed by atoms with Gasteiger partial charge in [0.05, 0.1) is 17.3 Å². The van der Waals surface area contributed by atoms with Gasteiger partial charge in [-0.25, -0.2) is 0 Å². The number of halogens is 1. The Balaban J connectivity index is 1.77. The highest BCUT2D eigenvalue weighted by molar-refractivity contribution is 6.35. The lowest BCUT2D eigenvalue weighted by Gasteiger charge is -2.36. The molecule has 0 saturated carbocycles. The first-order chi connectivity index (χ1) is 12.7. The number of hydrogen-bond donors (Lipinski definition) is 2. The molecule has 4 aliphatic rings. The van der Waals surface area contributed by atoms with Crippen molar-refractivity contribution >= 4 is 35.0 Å². The van der Waals surface area contributed by atoms with Crippen molar-refractivity contribution in [2.24, 2.45) is 11.8 Å². The summed E-state index contributed by atoms with van der Waals surface area (Å²) in [5.41, 5.74) is -0.299. The summed E-state index contributed by atoms with van der Waals surface area (Å²) < 4.78 is 0. The van der Waals surface area contributed by atoms with Crippen molar-refractivity contribution < 1.29 is 19.3 Å². The maximum atomic E-state index is 13.6. The van der Waals surface area contributed by atoms with E-state index in [1.165, 1.54) is 4.90 Å². The Labute approximate surface area is 162 Å². The van der Waals surface area contributed by atoms with E-state index in [1.807, 2.05) is 32.9 Å². The number of rotatable bonds is 0. The molecule has 1 unspecified atom stereocenters. The minimum Gasteiger partial charge on any atom is -0.318 e. The molecule has 5 rings (SSSR count). The van der Waals surface area contributed by atoms with Crippen molar-refractivity contribution in [2.45, 2.75) is 50.7 Å². The fraction of sp³-hybridized carbons (Fsp3) is 0.550. The van der Waals surface area contributed by atoms with Crippen LogP contribution in [-0.4, -0.2) is 40.7 Å². The molecule has 0 bridgehead atoms. The number of nitrogens with one attached hydrogen (secondary N) is 2. The molecule has 1 spiro atoms. The number of fused-ring (bicyclic) bond motifs is 7. The van der Waals surface area contributed by atoms with Crippen molar-refractivity contribution in [3.8, 4) is 0 Å². The van der Waals surface area contributed by atoms with Gasteiger partial charge in [-0.2, -0.15) is 0 Å². The number of hydrogen-bond acceptors (Lipinski definition) is 3. The predicted octanol–water partition coefficient (Wildman–Crippen LogP) is 0.948. The number of imide groups is 1. The quantitative estimate of drug-likeness (QED) is 0.650. The van der Waals surface area contributed by atoms with Crippen LogP contribution in [0.1, 0.15) is 39.2 Å². The maximum Gasteiger partial charge on any atom is 0.291 e. The van der Waals surface area contributed by atoms with E-state index < -0.39 is 22.9 Å². The van der Waals surface area contributed by atoms with Gasteiger partial charge >= 0.3 is 0 Å². The van der Waals surface area contributed by atoms with Gasteiger partial charge in [0.15, 0.2) is 0 Å². The predicted molar refractivity (Wildman–Crippen MR) is 99.2 cm³/mol. The molecule has 3 amide bonds. The summed E-state index contributed by atoms with van der Waals surface area (Å²) >= 11 is 6.36. The Bertz CT molecular complexity index is 908. The number of likely N-dealkylation sites (tertiary alicyclic amines) is 1. The number of carbonyl (C=O) groups excluding carboxylic acids is 3. The summed E-state index contributed by atoms with van der Waals surface area (Å²) in [6.07, 6.45) is 1.81. The van der Waals surface area contributed by atoms with Gasteiger partial charge < -0.3 is 10.2 Å². The number of para-hydroxylation sites is 1. The fourth-order valence-corrected chi connectivity index (χ4v) is 6.33. The van der Waals surface area contributed by atoms with Crippen LogP contribution in [-0.2, 0) is 19.9 Å². The van der Waals surface area contributed by atoms with Crippen LogP contribution in [0.5, 0.6) is 0 Å². The minimum absolute atomic E-state index is 0.00511. The van der Waals surface area contributed by atoms with Crippen molar-refractivity contribution in [1.82, 2.24) is 4.90 Å². The molecule has 4 heterocycles. The van der Waals surface area contributed by atoms with E-state index >= 15 is 0 Å². The third-order valence-electron chi connectivity index (χ3n) is 6.87. The molecule has 0 aromatic heterocycles. The average Bonchev–Trinajstić information content (AvgIpc) is 3.26. The van der Waals surface area contributed by atoms with E-state index in [2.05, 4.69) is 5.32 Å². The molecule has 6 nitrogen and oxygen atoms in total. The fourth-order valence-electron chi connectivity index (χ4n) is 6.11. The zero-order chi connectivity index (χ0) is 19.3. The average molecular weight is 389 g/mol. The first kappa shape index (κ1) is 17.2. The van der Waals surface area contributed by atoms with Crippen molar-refractivity contribution in [3.05, 3.63) is 28.8 Å². The topological polar surface area (TPSA) is 70.9 Å². The Morgan fingerprint density at radius 2 is 1.96 bits per heavy atom. The van der Waals surface area contributed by atoms with Gasteiger partial charge in [-0.3, -0.25) is 19.3 Å². The normalized spacial score (nSPS) is 37.0. The molecule has 142 valence electrons. The molecule has 1 aromatic carbocycles. The molecule has 2 N–H and O–H groups in total. The van der Waals surface area contributed by atoms with Gasteiger partial charge in [0.25, 0.3) is 5.91 Å². The Morgan fingerprint density at radius 1 is 1.22 bits per heavy atom. The lowest BCUT2D eigenvalue weighted by atomic mass is 9.75. The van der Waals surface area contributed by atoms with Gasteiger partial charge in [0, 0.05) is 23.9 Å². The molecular weight excluding hydrogens is 366 g/mol. The largest absolute Gasteiger partial charge is 0.318 e. The van der Waals surface area contributed by atoms with Crippen molar-refractivity contribution in [1.29, 1.82) is 0 Å². The van der Waals surface area contributed by atoms with E-state index in [4.69, 9.17) is 11.6 Å². The first-order valence-electron chi connectivity index (χ1n) is 9.55. The van der Waals surface area contributed by atoms with Crippen LogP contribution < -0.4 is 10.2 Å². The number of benzene rings is 1. The molecule has 0 radical (unpaired) electrons. The second kappa shape index (κ2) is 5.11. The molecule has 1 aromatic rings. The summed E-state index contributed by atoms with van der Waals surface area (Å²) in [6, 6.07) is 5.45. The lowest BCUT2D eigenvalue weighted by Crippen LogP contribution is -3.19. The molecule has 3 saturated heterocycles. The molecule has 7 heteroatoms. The van der Waals surface area contributed by atoms with Crippen molar-refractivity contribution in [2.75, 3.05) is 11.9 Å².